The summed E-state index contributed by atoms with van der Waals surface area (Å²) in [6.07, 6.45) is 4.62. The summed E-state index contributed by atoms with van der Waals surface area (Å²) in [4.78, 5) is 10.1. The number of rotatable bonds is 6. The summed E-state index contributed by atoms with van der Waals surface area (Å²) >= 11 is 0. The molecule has 0 rings (SSSR count). The SMILES string of the molecule is CC(C)CCCCCC(=O)O.[BiH3]. The molecule has 0 bridgehead atoms. The average molecular weight is 370 g/mol. The van der Waals surface area contributed by atoms with Crippen molar-refractivity contribution >= 4 is 32.2 Å². The van der Waals surface area contributed by atoms with E-state index in [9.17, 15) is 4.79 Å². The predicted octanol–water partition coefficient (Wildman–Crippen LogP) is 1.49. The molecule has 0 aromatic heterocycles. The van der Waals surface area contributed by atoms with Crippen LogP contribution in [-0.4, -0.2) is 37.3 Å². The van der Waals surface area contributed by atoms with Crippen molar-refractivity contribution < 1.29 is 9.90 Å². The second kappa shape index (κ2) is 9.44. The van der Waals surface area contributed by atoms with E-state index in [1.807, 2.05) is 0 Å². The number of hydrogen-bond donors (Lipinski definition) is 1. The van der Waals surface area contributed by atoms with Crippen LogP contribution in [0.1, 0.15) is 46.0 Å². The molecule has 0 radical (unpaired) electrons. The molecule has 0 saturated carbocycles. The van der Waals surface area contributed by atoms with E-state index >= 15 is 0 Å². The van der Waals surface area contributed by atoms with Crippen LogP contribution in [0.4, 0.5) is 0 Å². The molecule has 2 nitrogen and oxygen atoms in total. The van der Waals surface area contributed by atoms with Gasteiger partial charge in [0.2, 0.25) is 0 Å². The van der Waals surface area contributed by atoms with Gasteiger partial charge in [-0.15, -0.1) is 0 Å². The van der Waals surface area contributed by atoms with Gasteiger partial charge in [0.25, 0.3) is 0 Å². The molecule has 1 N–H and O–H groups in total. The summed E-state index contributed by atoms with van der Waals surface area (Å²) in [7, 11) is 0. The quantitative estimate of drug-likeness (QED) is 0.568. The monoisotopic (exact) mass is 370 g/mol. The number of aliphatic carboxylic acids is 1. The van der Waals surface area contributed by atoms with Crippen molar-refractivity contribution in [3.8, 4) is 0 Å². The van der Waals surface area contributed by atoms with Gasteiger partial charge in [0.1, 0.15) is 0 Å². The second-order valence-corrected chi connectivity index (χ2v) is 3.39. The van der Waals surface area contributed by atoms with Gasteiger partial charge in [-0.25, -0.2) is 0 Å². The molecule has 0 heterocycles. The Bertz CT molecular complexity index is 113. The van der Waals surface area contributed by atoms with E-state index in [2.05, 4.69) is 13.8 Å². The summed E-state index contributed by atoms with van der Waals surface area (Å²) in [5.74, 6) is 0.0781. The van der Waals surface area contributed by atoms with Gasteiger partial charge in [-0.3, -0.25) is 4.79 Å². The van der Waals surface area contributed by atoms with Gasteiger partial charge in [-0.2, -0.15) is 0 Å². The van der Waals surface area contributed by atoms with Gasteiger partial charge >= 0.3 is 32.2 Å². The third-order valence-electron chi connectivity index (χ3n) is 1.67. The Kier molecular flexibility index (Phi) is 11.7. The minimum atomic E-state index is -0.672. The molecule has 0 unspecified atom stereocenters. The van der Waals surface area contributed by atoms with Gasteiger partial charge in [-0.05, 0) is 12.3 Å². The van der Waals surface area contributed by atoms with Crippen molar-refractivity contribution in [1.82, 2.24) is 0 Å². The van der Waals surface area contributed by atoms with Gasteiger partial charge < -0.3 is 5.11 Å². The van der Waals surface area contributed by atoms with E-state index in [4.69, 9.17) is 5.11 Å². The van der Waals surface area contributed by atoms with Crippen LogP contribution in [0.5, 0.6) is 0 Å². The fourth-order valence-electron chi connectivity index (χ4n) is 1.01. The van der Waals surface area contributed by atoms with Crippen molar-refractivity contribution in [3.63, 3.8) is 0 Å². The maximum atomic E-state index is 10.1. The molecule has 0 fully saturated rings. The Balaban J connectivity index is 0. The molecule has 0 atom stereocenters. The van der Waals surface area contributed by atoms with Gasteiger partial charge in [0.05, 0.1) is 0 Å². The van der Waals surface area contributed by atoms with Crippen molar-refractivity contribution in [3.05, 3.63) is 0 Å². The molecular weight excluding hydrogens is 349 g/mol. The van der Waals surface area contributed by atoms with Crippen LogP contribution < -0.4 is 0 Å². The van der Waals surface area contributed by atoms with Crippen LogP contribution in [0.15, 0.2) is 0 Å². The van der Waals surface area contributed by atoms with Crippen molar-refractivity contribution in [2.75, 3.05) is 0 Å². The second-order valence-electron chi connectivity index (χ2n) is 3.39. The Morgan fingerprint density at radius 2 is 1.83 bits per heavy atom. The molecule has 74 valence electrons. The van der Waals surface area contributed by atoms with Crippen LogP contribution in [0.2, 0.25) is 0 Å². The molecule has 0 aromatic rings. The molecule has 3 heteroatoms. The molecule has 0 amide bonds. The van der Waals surface area contributed by atoms with Gasteiger partial charge in [0, 0.05) is 6.42 Å². The van der Waals surface area contributed by atoms with Crippen molar-refractivity contribution in [2.24, 2.45) is 5.92 Å². The summed E-state index contributed by atoms with van der Waals surface area (Å²) in [6.45, 7) is 4.38. The fourth-order valence-corrected chi connectivity index (χ4v) is 1.01. The maximum absolute atomic E-state index is 10.1. The van der Waals surface area contributed by atoms with E-state index in [0.29, 0.717) is 6.42 Å². The molecule has 0 aliphatic heterocycles. The molecule has 0 aliphatic rings. The number of carboxylic acid groups (broad SMARTS) is 1. The Hall–Kier alpha value is 0.353. The Morgan fingerprint density at radius 3 is 2.25 bits per heavy atom. The third-order valence-corrected chi connectivity index (χ3v) is 1.67. The van der Waals surface area contributed by atoms with E-state index < -0.39 is 5.97 Å². The number of hydrogen-bond acceptors (Lipinski definition) is 1. The minimum absolute atomic E-state index is 0. The zero-order chi connectivity index (χ0) is 8.69. The zero-order valence-electron chi connectivity index (χ0n) is 8.18. The number of carbonyl (C=O) groups is 1. The van der Waals surface area contributed by atoms with E-state index in [1.54, 1.807) is 0 Å². The van der Waals surface area contributed by atoms with Gasteiger partial charge in [0.15, 0.2) is 0 Å². The first-order valence-corrected chi connectivity index (χ1v) is 4.34. The third kappa shape index (κ3) is 13.0. The van der Waals surface area contributed by atoms with Crippen LogP contribution in [0.25, 0.3) is 0 Å². The normalized spacial score (nSPS) is 9.58. The molecule has 12 heavy (non-hydrogen) atoms. The first-order chi connectivity index (χ1) is 5.13. The van der Waals surface area contributed by atoms with Crippen LogP contribution in [0.3, 0.4) is 0 Å². The van der Waals surface area contributed by atoms with E-state index in [-0.39, 0.29) is 26.2 Å². The molecule has 0 aromatic carbocycles. The number of carboxylic acids is 1. The molecule has 0 saturated heterocycles. The predicted molar refractivity (Wildman–Crippen MR) is 55.5 cm³/mol. The molecule has 0 aliphatic carbocycles. The Morgan fingerprint density at radius 1 is 1.25 bits per heavy atom. The fraction of sp³-hybridized carbons (Fsp3) is 0.889. The van der Waals surface area contributed by atoms with E-state index in [0.717, 1.165) is 18.8 Å². The van der Waals surface area contributed by atoms with Gasteiger partial charge in [-0.1, -0.05) is 33.1 Å². The first kappa shape index (κ1) is 14.9. The number of unbranched alkanes of at least 4 members (excludes halogenated alkanes) is 2. The Labute approximate surface area is 93.9 Å². The van der Waals surface area contributed by atoms with Crippen LogP contribution in [0, 0.1) is 5.92 Å². The van der Waals surface area contributed by atoms with E-state index in [1.165, 1.54) is 12.8 Å². The molecule has 0 spiro atoms. The zero-order valence-corrected chi connectivity index (χ0v) is 13.7. The summed E-state index contributed by atoms with van der Waals surface area (Å²) in [6, 6.07) is 0. The van der Waals surface area contributed by atoms with Crippen LogP contribution in [-0.2, 0) is 4.79 Å². The first-order valence-electron chi connectivity index (χ1n) is 4.34. The summed E-state index contributed by atoms with van der Waals surface area (Å²) in [5, 5.41) is 8.32. The van der Waals surface area contributed by atoms with Crippen LogP contribution >= 0.6 is 0 Å². The average Bonchev–Trinajstić information content (AvgIpc) is 1.85. The summed E-state index contributed by atoms with van der Waals surface area (Å²) < 4.78 is 0. The topological polar surface area (TPSA) is 37.3 Å². The van der Waals surface area contributed by atoms with Crippen molar-refractivity contribution in [2.45, 2.75) is 46.0 Å². The standard InChI is InChI=1S/C9H18O2.Bi.3H/c1-8(2)6-4-3-5-7-9(10)11;;;;/h8H,3-7H2,1-2H3,(H,10,11);;;;. The van der Waals surface area contributed by atoms with Crippen molar-refractivity contribution in [1.29, 1.82) is 0 Å². The molecular formula is C9H21BiO2. The summed E-state index contributed by atoms with van der Waals surface area (Å²) in [5.41, 5.74) is 0.